The van der Waals surface area contributed by atoms with E-state index in [4.69, 9.17) is 5.11 Å². The normalized spacial score (nSPS) is 17.1. The molecule has 1 aliphatic heterocycles. The fraction of sp³-hybridized carbons (Fsp3) is 0.692. The molecule has 0 amide bonds. The van der Waals surface area contributed by atoms with Crippen molar-refractivity contribution < 1.29 is 5.11 Å². The number of nitrogens with zero attached hydrogens (tertiary/aromatic N) is 4. The minimum Gasteiger partial charge on any atom is -0.395 e. The Hall–Kier alpha value is -1.05. The summed E-state index contributed by atoms with van der Waals surface area (Å²) in [4.78, 5) is 13.6. The van der Waals surface area contributed by atoms with Crippen molar-refractivity contribution in [1.82, 2.24) is 14.9 Å². The van der Waals surface area contributed by atoms with Crippen molar-refractivity contribution in [3.05, 3.63) is 6.07 Å². The first-order valence-electron chi connectivity index (χ1n) is 6.96. The predicted octanol–water partition coefficient (Wildman–Crippen LogP) is 0.745. The van der Waals surface area contributed by atoms with Gasteiger partial charge in [-0.3, -0.25) is 4.90 Å². The molecule has 2 rings (SSSR count). The maximum atomic E-state index is 9.04. The van der Waals surface area contributed by atoms with E-state index in [-0.39, 0.29) is 6.61 Å². The first-order valence-corrected chi connectivity index (χ1v) is 8.18. The third-order valence-electron chi connectivity index (χ3n) is 3.46. The minimum absolute atomic E-state index is 0.230. The molecule has 2 N–H and O–H groups in total. The first-order chi connectivity index (χ1) is 9.76. The van der Waals surface area contributed by atoms with E-state index >= 15 is 0 Å². The highest BCUT2D eigenvalue weighted by atomic mass is 32.2. The lowest BCUT2D eigenvalue weighted by atomic mass is 10.3. The monoisotopic (exact) mass is 297 g/mol. The fourth-order valence-corrected chi connectivity index (χ4v) is 2.73. The van der Waals surface area contributed by atoms with Crippen molar-refractivity contribution in [2.45, 2.75) is 11.6 Å². The van der Waals surface area contributed by atoms with E-state index in [1.807, 2.05) is 19.4 Å². The molecular weight excluding hydrogens is 274 g/mol. The van der Waals surface area contributed by atoms with Gasteiger partial charge < -0.3 is 15.3 Å². The van der Waals surface area contributed by atoms with Crippen LogP contribution in [-0.4, -0.2) is 72.6 Å². The van der Waals surface area contributed by atoms with Crippen molar-refractivity contribution in [1.29, 1.82) is 0 Å². The average molecular weight is 297 g/mol. The number of aliphatic hydroxyl groups excluding tert-OH is 1. The van der Waals surface area contributed by atoms with Gasteiger partial charge in [0.1, 0.15) is 11.6 Å². The molecule has 1 aromatic heterocycles. The van der Waals surface area contributed by atoms with Crippen LogP contribution in [0.1, 0.15) is 6.42 Å². The van der Waals surface area contributed by atoms with Gasteiger partial charge in [-0.05, 0) is 19.2 Å². The zero-order chi connectivity index (χ0) is 14.4. The van der Waals surface area contributed by atoms with Crippen molar-refractivity contribution in [3.63, 3.8) is 0 Å². The highest BCUT2D eigenvalue weighted by Crippen LogP contribution is 2.21. The lowest BCUT2D eigenvalue weighted by molar-refractivity contribution is 0.204. The predicted molar refractivity (Wildman–Crippen MR) is 83.7 cm³/mol. The molecule has 6 nitrogen and oxygen atoms in total. The molecule has 0 atom stereocenters. The molecule has 1 aliphatic rings. The van der Waals surface area contributed by atoms with Crippen LogP contribution in [0.15, 0.2) is 11.2 Å². The van der Waals surface area contributed by atoms with Gasteiger partial charge in [-0.2, -0.15) is 0 Å². The summed E-state index contributed by atoms with van der Waals surface area (Å²) < 4.78 is 0. The highest BCUT2D eigenvalue weighted by Gasteiger charge is 2.17. The van der Waals surface area contributed by atoms with Crippen LogP contribution in [-0.2, 0) is 0 Å². The maximum Gasteiger partial charge on any atom is 0.191 e. The van der Waals surface area contributed by atoms with Gasteiger partial charge in [-0.25, -0.2) is 9.97 Å². The summed E-state index contributed by atoms with van der Waals surface area (Å²) in [5, 5.41) is 12.9. The Labute approximate surface area is 124 Å². The van der Waals surface area contributed by atoms with Gasteiger partial charge in [0.2, 0.25) is 0 Å². The number of thioether (sulfide) groups is 1. The number of anilines is 2. The van der Waals surface area contributed by atoms with Crippen LogP contribution in [0.5, 0.6) is 0 Å². The molecule has 7 heteroatoms. The highest BCUT2D eigenvalue weighted by molar-refractivity contribution is 7.98. The second-order valence-corrected chi connectivity index (χ2v) is 5.53. The number of rotatable bonds is 5. The molecule has 20 heavy (non-hydrogen) atoms. The van der Waals surface area contributed by atoms with Gasteiger partial charge in [0.15, 0.2) is 5.16 Å². The number of nitrogens with one attached hydrogen (secondary N) is 1. The van der Waals surface area contributed by atoms with Crippen molar-refractivity contribution >= 4 is 23.4 Å². The SMILES string of the molecule is CNc1cc(N2CCCN(CCO)CC2)nc(SC)n1. The number of aliphatic hydroxyl groups is 1. The third kappa shape index (κ3) is 3.97. The molecule has 1 fully saturated rings. The summed E-state index contributed by atoms with van der Waals surface area (Å²) in [7, 11) is 1.88. The average Bonchev–Trinajstić information content (AvgIpc) is 2.73. The van der Waals surface area contributed by atoms with Crippen molar-refractivity contribution in [3.8, 4) is 0 Å². The Morgan fingerprint density at radius 2 is 2.15 bits per heavy atom. The quantitative estimate of drug-likeness (QED) is 0.614. The molecule has 0 radical (unpaired) electrons. The van der Waals surface area contributed by atoms with Crippen LogP contribution in [0.4, 0.5) is 11.6 Å². The van der Waals surface area contributed by atoms with Crippen LogP contribution in [0.3, 0.4) is 0 Å². The summed E-state index contributed by atoms with van der Waals surface area (Å²) in [5.74, 6) is 1.84. The van der Waals surface area contributed by atoms with E-state index in [2.05, 4.69) is 25.1 Å². The summed E-state index contributed by atoms with van der Waals surface area (Å²) in [6.07, 6.45) is 3.08. The van der Waals surface area contributed by atoms with E-state index in [1.165, 1.54) is 0 Å². The van der Waals surface area contributed by atoms with Crippen LogP contribution in [0.2, 0.25) is 0 Å². The van der Waals surface area contributed by atoms with Gasteiger partial charge in [0.25, 0.3) is 0 Å². The van der Waals surface area contributed by atoms with E-state index in [1.54, 1.807) is 11.8 Å². The van der Waals surface area contributed by atoms with E-state index in [9.17, 15) is 0 Å². The second kappa shape index (κ2) is 7.66. The number of hydrogen-bond donors (Lipinski definition) is 2. The Balaban J connectivity index is 2.10. The van der Waals surface area contributed by atoms with Crippen molar-refractivity contribution in [2.24, 2.45) is 0 Å². The number of aromatic nitrogens is 2. The van der Waals surface area contributed by atoms with Gasteiger partial charge in [0, 0.05) is 39.3 Å². The standard InChI is InChI=1S/C13H23N5OS/c1-14-11-10-12(16-13(15-11)20-2)18-5-3-4-17(6-7-18)8-9-19/h10,19H,3-9H2,1-2H3,(H,14,15,16). The van der Waals surface area contributed by atoms with Crippen LogP contribution in [0, 0.1) is 0 Å². The Morgan fingerprint density at radius 1 is 1.30 bits per heavy atom. The van der Waals surface area contributed by atoms with Crippen LogP contribution in [0.25, 0.3) is 0 Å². The largest absolute Gasteiger partial charge is 0.395 e. The van der Waals surface area contributed by atoms with E-state index < -0.39 is 0 Å². The van der Waals surface area contributed by atoms with Gasteiger partial charge >= 0.3 is 0 Å². The molecule has 2 heterocycles. The summed E-state index contributed by atoms with van der Waals surface area (Å²) in [6, 6.07) is 2.00. The molecule has 0 unspecified atom stereocenters. The summed E-state index contributed by atoms with van der Waals surface area (Å²) in [6.45, 7) is 4.93. The maximum absolute atomic E-state index is 9.04. The van der Waals surface area contributed by atoms with E-state index in [0.717, 1.165) is 55.9 Å². The Bertz CT molecular complexity index is 409. The Kier molecular flexibility index (Phi) is 5.87. The van der Waals surface area contributed by atoms with Gasteiger partial charge in [0.05, 0.1) is 6.61 Å². The molecule has 1 aromatic rings. The second-order valence-electron chi connectivity index (χ2n) is 4.75. The third-order valence-corrected chi connectivity index (χ3v) is 4.01. The molecule has 0 bridgehead atoms. The lowest BCUT2D eigenvalue weighted by Crippen LogP contribution is -2.32. The van der Waals surface area contributed by atoms with Crippen LogP contribution >= 0.6 is 11.8 Å². The summed E-state index contributed by atoms with van der Waals surface area (Å²) >= 11 is 1.56. The summed E-state index contributed by atoms with van der Waals surface area (Å²) in [5.41, 5.74) is 0. The molecule has 0 saturated carbocycles. The first kappa shape index (κ1) is 15.3. The zero-order valence-corrected chi connectivity index (χ0v) is 13.0. The molecule has 1 saturated heterocycles. The van der Waals surface area contributed by atoms with Gasteiger partial charge in [-0.1, -0.05) is 11.8 Å². The molecular formula is C13H23N5OS. The number of hydrogen-bond acceptors (Lipinski definition) is 7. The van der Waals surface area contributed by atoms with E-state index in [0.29, 0.717) is 0 Å². The lowest BCUT2D eigenvalue weighted by Gasteiger charge is -2.23. The molecule has 0 spiro atoms. The van der Waals surface area contributed by atoms with Crippen LogP contribution < -0.4 is 10.2 Å². The molecule has 0 aliphatic carbocycles. The van der Waals surface area contributed by atoms with Crippen molar-refractivity contribution in [2.75, 3.05) is 62.9 Å². The molecule has 112 valence electrons. The number of β-amino-alcohol motifs (C(OH)–C–C–N with tert-alkyl or cyclic N) is 1. The molecule has 0 aromatic carbocycles. The zero-order valence-electron chi connectivity index (χ0n) is 12.2. The minimum atomic E-state index is 0.230. The topological polar surface area (TPSA) is 64.5 Å². The fourth-order valence-electron chi connectivity index (χ4n) is 2.36. The smallest absolute Gasteiger partial charge is 0.191 e. The Morgan fingerprint density at radius 3 is 2.85 bits per heavy atom. The van der Waals surface area contributed by atoms with Gasteiger partial charge in [-0.15, -0.1) is 0 Å².